The minimum atomic E-state index is -3.59. The van der Waals surface area contributed by atoms with Crippen molar-refractivity contribution in [3.05, 3.63) is 30.0 Å². The second kappa shape index (κ2) is 10.3. The Kier molecular flexibility index (Phi) is 7.18. The second-order valence-electron chi connectivity index (χ2n) is 10.8. The number of pyridine rings is 1. The van der Waals surface area contributed by atoms with E-state index in [-0.39, 0.29) is 59.3 Å². The SMILES string of the molecule is COc1cc2ncc(-c3nc(NC4CCCN(C(=O)OC(C)(C)C)C4)c(F)cc3F)n2nc1N1CCCS1(=O)=O. The second-order valence-corrected chi connectivity index (χ2v) is 12.8. The lowest BCUT2D eigenvalue weighted by atomic mass is 10.1. The van der Waals surface area contributed by atoms with Crippen LogP contribution in [0, 0.1) is 11.6 Å². The molecule has 0 radical (unpaired) electrons. The molecule has 0 aliphatic carbocycles. The first-order valence-corrected chi connectivity index (χ1v) is 14.5. The molecular weight excluding hydrogens is 548 g/mol. The number of fused-ring (bicyclic) bond motifs is 1. The molecule has 15 heteroatoms. The molecule has 3 aromatic rings. The number of hydrogen-bond donors (Lipinski definition) is 1. The van der Waals surface area contributed by atoms with Crippen LogP contribution in [0.2, 0.25) is 0 Å². The van der Waals surface area contributed by atoms with Gasteiger partial charge in [0, 0.05) is 37.8 Å². The zero-order valence-electron chi connectivity index (χ0n) is 22.6. The average Bonchev–Trinajstić information content (AvgIpc) is 3.45. The summed E-state index contributed by atoms with van der Waals surface area (Å²) in [5.41, 5.74) is -0.534. The molecule has 1 unspecified atom stereocenters. The van der Waals surface area contributed by atoms with Gasteiger partial charge < -0.3 is 19.7 Å². The van der Waals surface area contributed by atoms with E-state index in [9.17, 15) is 17.6 Å². The number of rotatable bonds is 5. The molecule has 1 atom stereocenters. The first-order chi connectivity index (χ1) is 18.9. The average molecular weight is 580 g/mol. The van der Waals surface area contributed by atoms with Crippen molar-refractivity contribution in [2.24, 2.45) is 0 Å². The number of sulfonamides is 1. The van der Waals surface area contributed by atoms with Gasteiger partial charge in [-0.2, -0.15) is 0 Å². The normalized spacial score (nSPS) is 19.2. The summed E-state index contributed by atoms with van der Waals surface area (Å²) in [6.45, 7) is 6.32. The van der Waals surface area contributed by atoms with E-state index < -0.39 is 33.4 Å². The van der Waals surface area contributed by atoms with Crippen LogP contribution in [0.25, 0.3) is 17.0 Å². The highest BCUT2D eigenvalue weighted by molar-refractivity contribution is 7.93. The Bertz CT molecular complexity index is 1560. The predicted octanol–water partition coefficient (Wildman–Crippen LogP) is 3.43. The standard InChI is InChI=1S/C25H31F2N7O5S/c1-25(2,3)39-24(35)32-8-5-7-15(14-32)29-22-17(27)11-16(26)21(30-22)18-13-28-20-12-19(38-4)23(31-34(18)20)33-9-6-10-40(33,36)37/h11-13,15H,5-10,14H2,1-4H3,(H,29,30). The van der Waals surface area contributed by atoms with Crippen LogP contribution in [0.1, 0.15) is 40.0 Å². The van der Waals surface area contributed by atoms with E-state index in [2.05, 4.69) is 20.4 Å². The number of nitrogens with one attached hydrogen (secondary N) is 1. The number of methoxy groups -OCH3 is 1. The van der Waals surface area contributed by atoms with Crippen LogP contribution in [0.15, 0.2) is 18.3 Å². The van der Waals surface area contributed by atoms with Crippen molar-refractivity contribution in [3.8, 4) is 17.1 Å². The Morgan fingerprint density at radius 1 is 1.15 bits per heavy atom. The number of likely N-dealkylation sites (tertiary alicyclic amines) is 1. The minimum absolute atomic E-state index is 0.0254. The van der Waals surface area contributed by atoms with Crippen molar-refractivity contribution in [2.75, 3.05) is 42.1 Å². The predicted molar refractivity (Wildman–Crippen MR) is 143 cm³/mol. The fraction of sp³-hybridized carbons (Fsp3) is 0.520. The van der Waals surface area contributed by atoms with Gasteiger partial charge in [0.25, 0.3) is 0 Å². The summed E-state index contributed by atoms with van der Waals surface area (Å²) >= 11 is 0. The molecule has 0 bridgehead atoms. The van der Waals surface area contributed by atoms with Crippen LogP contribution in [-0.4, -0.2) is 83.1 Å². The number of aromatic nitrogens is 4. The highest BCUT2D eigenvalue weighted by Crippen LogP contribution is 2.34. The Morgan fingerprint density at radius 3 is 2.60 bits per heavy atom. The number of halogens is 2. The van der Waals surface area contributed by atoms with Crippen LogP contribution >= 0.6 is 0 Å². The molecule has 216 valence electrons. The monoisotopic (exact) mass is 579 g/mol. The van der Waals surface area contributed by atoms with E-state index in [1.807, 2.05) is 0 Å². The van der Waals surface area contributed by atoms with Gasteiger partial charge in [0.1, 0.15) is 17.0 Å². The Labute approximate surface area is 230 Å². The molecule has 3 aromatic heterocycles. The number of piperidine rings is 1. The Balaban J connectivity index is 1.47. The van der Waals surface area contributed by atoms with Crippen molar-refractivity contribution in [1.29, 1.82) is 0 Å². The van der Waals surface area contributed by atoms with Gasteiger partial charge in [-0.15, -0.1) is 5.10 Å². The largest absolute Gasteiger partial charge is 0.493 e. The van der Waals surface area contributed by atoms with Gasteiger partial charge in [0.2, 0.25) is 15.8 Å². The molecule has 2 aliphatic heterocycles. The number of ether oxygens (including phenoxy) is 2. The van der Waals surface area contributed by atoms with Crippen LogP contribution < -0.4 is 14.4 Å². The molecule has 2 fully saturated rings. The van der Waals surface area contributed by atoms with Crippen molar-refractivity contribution >= 4 is 33.4 Å². The van der Waals surface area contributed by atoms with Gasteiger partial charge in [-0.1, -0.05) is 0 Å². The third-order valence-corrected chi connectivity index (χ3v) is 8.41. The number of anilines is 2. The van der Waals surface area contributed by atoms with E-state index in [1.54, 1.807) is 25.7 Å². The third-order valence-electron chi connectivity index (χ3n) is 6.58. The van der Waals surface area contributed by atoms with E-state index in [0.29, 0.717) is 31.9 Å². The number of imidazole rings is 1. The first kappa shape index (κ1) is 27.8. The fourth-order valence-corrected chi connectivity index (χ4v) is 6.29. The molecule has 2 saturated heterocycles. The van der Waals surface area contributed by atoms with E-state index >= 15 is 4.39 Å². The number of amides is 1. The number of carbonyl (C=O) groups excluding carboxylic acids is 1. The van der Waals surface area contributed by atoms with Crippen molar-refractivity contribution in [3.63, 3.8) is 0 Å². The molecule has 5 rings (SSSR count). The highest BCUT2D eigenvalue weighted by atomic mass is 32.2. The molecule has 12 nitrogen and oxygen atoms in total. The molecule has 2 aliphatic rings. The Morgan fingerprint density at radius 2 is 1.93 bits per heavy atom. The van der Waals surface area contributed by atoms with Crippen molar-refractivity contribution < 1.29 is 31.5 Å². The topological polar surface area (TPSA) is 131 Å². The smallest absolute Gasteiger partial charge is 0.410 e. The zero-order chi connectivity index (χ0) is 28.8. The molecule has 40 heavy (non-hydrogen) atoms. The third kappa shape index (κ3) is 5.46. The van der Waals surface area contributed by atoms with Crippen LogP contribution in [0.3, 0.4) is 0 Å². The summed E-state index contributed by atoms with van der Waals surface area (Å²) in [6.07, 6.45) is 2.58. The van der Waals surface area contributed by atoms with E-state index in [4.69, 9.17) is 9.47 Å². The summed E-state index contributed by atoms with van der Waals surface area (Å²) in [7, 11) is -2.20. The summed E-state index contributed by atoms with van der Waals surface area (Å²) < 4.78 is 68.3. The fourth-order valence-electron chi connectivity index (χ4n) is 4.78. The van der Waals surface area contributed by atoms with Gasteiger partial charge in [0.05, 0.1) is 19.1 Å². The molecule has 1 amide bonds. The van der Waals surface area contributed by atoms with Gasteiger partial charge in [0.15, 0.2) is 28.8 Å². The summed E-state index contributed by atoms with van der Waals surface area (Å²) in [5.74, 6) is -1.84. The number of nitrogens with zero attached hydrogens (tertiary/aromatic N) is 6. The zero-order valence-corrected chi connectivity index (χ0v) is 23.5. The van der Waals surface area contributed by atoms with Crippen LogP contribution in [0.5, 0.6) is 5.75 Å². The molecule has 1 N–H and O–H groups in total. The van der Waals surface area contributed by atoms with Gasteiger partial charge in [-0.3, -0.25) is 0 Å². The van der Waals surface area contributed by atoms with Crippen molar-refractivity contribution in [2.45, 2.75) is 51.7 Å². The molecule has 0 spiro atoms. The lowest BCUT2D eigenvalue weighted by Crippen LogP contribution is -2.47. The number of hydrogen-bond acceptors (Lipinski definition) is 9. The summed E-state index contributed by atoms with van der Waals surface area (Å²) in [5, 5.41) is 7.42. The first-order valence-electron chi connectivity index (χ1n) is 12.9. The van der Waals surface area contributed by atoms with Crippen molar-refractivity contribution in [1.82, 2.24) is 24.5 Å². The minimum Gasteiger partial charge on any atom is -0.493 e. The maximum absolute atomic E-state index is 15.1. The summed E-state index contributed by atoms with van der Waals surface area (Å²) in [6, 6.07) is 1.86. The van der Waals surface area contributed by atoms with Crippen LogP contribution in [-0.2, 0) is 14.8 Å². The molecule has 0 saturated carbocycles. The van der Waals surface area contributed by atoms with Crippen LogP contribution in [0.4, 0.5) is 25.2 Å². The van der Waals surface area contributed by atoms with E-state index in [1.165, 1.54) is 23.9 Å². The van der Waals surface area contributed by atoms with E-state index in [0.717, 1.165) is 4.31 Å². The number of carbonyl (C=O) groups is 1. The van der Waals surface area contributed by atoms with Gasteiger partial charge >= 0.3 is 6.09 Å². The molecule has 5 heterocycles. The quantitative estimate of drug-likeness (QED) is 0.483. The lowest BCUT2D eigenvalue weighted by Gasteiger charge is -2.34. The highest BCUT2D eigenvalue weighted by Gasteiger charge is 2.33. The Hall–Kier alpha value is -3.75. The van der Waals surface area contributed by atoms with Gasteiger partial charge in [-0.05, 0) is 40.0 Å². The lowest BCUT2D eigenvalue weighted by molar-refractivity contribution is 0.0206. The molecular formula is C25H31F2N7O5S. The van der Waals surface area contributed by atoms with Gasteiger partial charge in [-0.25, -0.2) is 40.8 Å². The molecule has 0 aromatic carbocycles. The summed E-state index contributed by atoms with van der Waals surface area (Å²) in [4.78, 5) is 22.6. The maximum atomic E-state index is 15.1. The maximum Gasteiger partial charge on any atom is 0.410 e.